The molecule has 0 radical (unpaired) electrons. The first-order chi connectivity index (χ1) is 12.1. The van der Waals surface area contributed by atoms with Crippen molar-refractivity contribution in [3.05, 3.63) is 76.3 Å². The monoisotopic (exact) mass is 335 g/mol. The van der Waals surface area contributed by atoms with E-state index in [0.717, 1.165) is 23.4 Å². The Morgan fingerprint density at radius 3 is 2.56 bits per heavy atom. The van der Waals surface area contributed by atoms with E-state index in [-0.39, 0.29) is 5.56 Å². The number of hydrogen-bond acceptors (Lipinski definition) is 4. The molecule has 1 aromatic carbocycles. The van der Waals surface area contributed by atoms with E-state index in [9.17, 15) is 4.79 Å². The molecule has 0 spiro atoms. The maximum Gasteiger partial charge on any atom is 0.316 e. The van der Waals surface area contributed by atoms with Crippen molar-refractivity contribution in [2.75, 3.05) is 7.11 Å². The van der Waals surface area contributed by atoms with E-state index < -0.39 is 0 Å². The molecule has 5 nitrogen and oxygen atoms in total. The summed E-state index contributed by atoms with van der Waals surface area (Å²) < 4.78 is 6.81. The van der Waals surface area contributed by atoms with Gasteiger partial charge in [0.15, 0.2) is 0 Å². The molecule has 0 aliphatic carbocycles. The molecule has 0 fully saturated rings. The molecule has 3 rings (SSSR count). The fourth-order valence-electron chi connectivity index (χ4n) is 2.78. The minimum atomic E-state index is -0.0531. The molecular weight excluding hydrogens is 314 g/mol. The summed E-state index contributed by atoms with van der Waals surface area (Å²) in [7, 11) is 3.28. The fourth-order valence-corrected chi connectivity index (χ4v) is 2.78. The summed E-state index contributed by atoms with van der Waals surface area (Å²) in [6, 6.07) is 16.0. The number of hydrogen-bond donors (Lipinski definition) is 0. The van der Waals surface area contributed by atoms with Crippen LogP contribution < -0.4 is 10.3 Å². The maximum atomic E-state index is 11.6. The maximum absolute atomic E-state index is 11.6. The van der Waals surface area contributed by atoms with Gasteiger partial charge in [0.25, 0.3) is 0 Å². The highest BCUT2D eigenvalue weighted by molar-refractivity contribution is 5.58. The average molecular weight is 335 g/mol. The average Bonchev–Trinajstić information content (AvgIpc) is 2.64. The molecule has 25 heavy (non-hydrogen) atoms. The van der Waals surface area contributed by atoms with Gasteiger partial charge in [-0.05, 0) is 30.0 Å². The van der Waals surface area contributed by atoms with Crippen LogP contribution in [0.3, 0.4) is 0 Å². The first kappa shape index (κ1) is 16.9. The standard InChI is InChI=1S/C20H21N3O2/c1-14(15-7-5-4-6-8-15)11-17-12-18(22-20(21-17)25-3)16-9-10-19(24)23(2)13-16/h4-10,12-14H,11H2,1-3H3. The van der Waals surface area contributed by atoms with E-state index in [1.807, 2.05) is 24.3 Å². The molecule has 0 saturated heterocycles. The lowest BCUT2D eigenvalue weighted by Gasteiger charge is -2.13. The smallest absolute Gasteiger partial charge is 0.316 e. The number of ether oxygens (including phenoxy) is 1. The summed E-state index contributed by atoms with van der Waals surface area (Å²) in [5.74, 6) is 0.328. The Labute approximate surface area is 147 Å². The Bertz CT molecular complexity index is 920. The third kappa shape index (κ3) is 3.94. The molecule has 1 unspecified atom stereocenters. The largest absolute Gasteiger partial charge is 0.467 e. The minimum Gasteiger partial charge on any atom is -0.467 e. The number of rotatable bonds is 5. The topological polar surface area (TPSA) is 57.0 Å². The first-order valence-electron chi connectivity index (χ1n) is 8.21. The normalized spacial score (nSPS) is 12.0. The molecule has 2 aromatic heterocycles. The third-order valence-corrected chi connectivity index (χ3v) is 4.21. The molecule has 2 heterocycles. The van der Waals surface area contributed by atoms with Crippen LogP contribution >= 0.6 is 0 Å². The Balaban J connectivity index is 1.95. The molecule has 0 N–H and O–H groups in total. The van der Waals surface area contributed by atoms with Gasteiger partial charge in [-0.1, -0.05) is 37.3 Å². The highest BCUT2D eigenvalue weighted by Crippen LogP contribution is 2.24. The molecule has 0 bridgehead atoms. The van der Waals surface area contributed by atoms with E-state index in [4.69, 9.17) is 4.74 Å². The van der Waals surface area contributed by atoms with Crippen LogP contribution in [-0.4, -0.2) is 21.6 Å². The van der Waals surface area contributed by atoms with Crippen LogP contribution in [0.4, 0.5) is 0 Å². The van der Waals surface area contributed by atoms with Crippen molar-refractivity contribution in [3.8, 4) is 17.3 Å². The van der Waals surface area contributed by atoms with Crippen molar-refractivity contribution < 1.29 is 4.74 Å². The van der Waals surface area contributed by atoms with Crippen LogP contribution in [0.25, 0.3) is 11.3 Å². The van der Waals surface area contributed by atoms with Crippen LogP contribution in [0.5, 0.6) is 6.01 Å². The van der Waals surface area contributed by atoms with E-state index in [1.54, 1.807) is 26.4 Å². The third-order valence-electron chi connectivity index (χ3n) is 4.21. The number of methoxy groups -OCH3 is 1. The molecule has 5 heteroatoms. The highest BCUT2D eigenvalue weighted by Gasteiger charge is 2.12. The number of benzene rings is 1. The zero-order valence-electron chi connectivity index (χ0n) is 14.6. The highest BCUT2D eigenvalue weighted by atomic mass is 16.5. The van der Waals surface area contributed by atoms with Crippen molar-refractivity contribution >= 4 is 0 Å². The summed E-state index contributed by atoms with van der Waals surface area (Å²) in [6.45, 7) is 2.18. The quantitative estimate of drug-likeness (QED) is 0.718. The van der Waals surface area contributed by atoms with Gasteiger partial charge in [0.05, 0.1) is 12.8 Å². The molecule has 1 atom stereocenters. The van der Waals surface area contributed by atoms with Crippen molar-refractivity contribution in [2.24, 2.45) is 7.05 Å². The second kappa shape index (κ2) is 7.30. The van der Waals surface area contributed by atoms with Crippen LogP contribution in [-0.2, 0) is 13.5 Å². The molecule has 0 aliphatic heterocycles. The van der Waals surface area contributed by atoms with Crippen LogP contribution in [0, 0.1) is 0 Å². The van der Waals surface area contributed by atoms with E-state index in [2.05, 4.69) is 29.0 Å². The van der Waals surface area contributed by atoms with E-state index >= 15 is 0 Å². The number of aryl methyl sites for hydroxylation is 1. The van der Waals surface area contributed by atoms with Gasteiger partial charge >= 0.3 is 6.01 Å². The second-order valence-electron chi connectivity index (χ2n) is 6.11. The lowest BCUT2D eigenvalue weighted by atomic mass is 9.96. The van der Waals surface area contributed by atoms with Gasteiger partial charge < -0.3 is 9.30 Å². The molecule has 128 valence electrons. The second-order valence-corrected chi connectivity index (χ2v) is 6.11. The van der Waals surface area contributed by atoms with Gasteiger partial charge in [-0.15, -0.1) is 0 Å². The lowest BCUT2D eigenvalue weighted by molar-refractivity contribution is 0.378. The zero-order chi connectivity index (χ0) is 17.8. The van der Waals surface area contributed by atoms with Crippen LogP contribution in [0.2, 0.25) is 0 Å². The first-order valence-corrected chi connectivity index (χ1v) is 8.21. The Morgan fingerprint density at radius 1 is 1.12 bits per heavy atom. The zero-order valence-corrected chi connectivity index (χ0v) is 14.6. The predicted octanol–water partition coefficient (Wildman–Crippen LogP) is 3.20. The lowest BCUT2D eigenvalue weighted by Crippen LogP contribution is -2.14. The van der Waals surface area contributed by atoms with Gasteiger partial charge in [0.1, 0.15) is 0 Å². The fraction of sp³-hybridized carbons (Fsp3) is 0.250. The van der Waals surface area contributed by atoms with Crippen molar-refractivity contribution in [2.45, 2.75) is 19.3 Å². The summed E-state index contributed by atoms with van der Waals surface area (Å²) in [5.41, 5.74) is 3.73. The molecule has 0 aliphatic rings. The Kier molecular flexibility index (Phi) is 4.93. The summed E-state index contributed by atoms with van der Waals surface area (Å²) >= 11 is 0. The van der Waals surface area contributed by atoms with E-state index in [1.165, 1.54) is 16.2 Å². The van der Waals surface area contributed by atoms with Crippen molar-refractivity contribution in [1.82, 2.24) is 14.5 Å². The number of aromatic nitrogens is 3. The molecule has 0 amide bonds. The minimum absolute atomic E-state index is 0.0531. The van der Waals surface area contributed by atoms with Crippen LogP contribution in [0.15, 0.2) is 59.5 Å². The summed E-state index contributed by atoms with van der Waals surface area (Å²) in [6.07, 6.45) is 2.55. The predicted molar refractivity (Wildman–Crippen MR) is 97.8 cm³/mol. The molecule has 3 aromatic rings. The van der Waals surface area contributed by atoms with Crippen molar-refractivity contribution in [3.63, 3.8) is 0 Å². The Hall–Kier alpha value is -2.95. The van der Waals surface area contributed by atoms with Gasteiger partial charge in [0, 0.05) is 30.6 Å². The number of nitrogens with zero attached hydrogens (tertiary/aromatic N) is 3. The summed E-state index contributed by atoms with van der Waals surface area (Å²) in [5, 5.41) is 0. The Morgan fingerprint density at radius 2 is 1.88 bits per heavy atom. The van der Waals surface area contributed by atoms with Gasteiger partial charge in [-0.25, -0.2) is 4.98 Å². The van der Waals surface area contributed by atoms with Crippen molar-refractivity contribution in [1.29, 1.82) is 0 Å². The van der Waals surface area contributed by atoms with Crippen LogP contribution in [0.1, 0.15) is 24.1 Å². The van der Waals surface area contributed by atoms with Gasteiger partial charge in [-0.3, -0.25) is 4.79 Å². The molecule has 0 saturated carbocycles. The SMILES string of the molecule is COc1nc(CC(C)c2ccccc2)cc(-c2ccc(=O)n(C)c2)n1. The summed E-state index contributed by atoms with van der Waals surface area (Å²) in [4.78, 5) is 20.5. The van der Waals surface area contributed by atoms with Gasteiger partial charge in [0.2, 0.25) is 5.56 Å². The number of pyridine rings is 1. The van der Waals surface area contributed by atoms with Gasteiger partial charge in [-0.2, -0.15) is 4.98 Å². The molecular formula is C20H21N3O2. The van der Waals surface area contributed by atoms with E-state index in [0.29, 0.717) is 11.9 Å².